The lowest BCUT2D eigenvalue weighted by molar-refractivity contribution is 0.521. The number of aromatic nitrogens is 1. The highest BCUT2D eigenvalue weighted by Crippen LogP contribution is 2.37. The summed E-state index contributed by atoms with van der Waals surface area (Å²) < 4.78 is 2.55. The van der Waals surface area contributed by atoms with Crippen LogP contribution in [0.1, 0.15) is 5.56 Å². The number of aryl methyl sites for hydroxylation is 1. The van der Waals surface area contributed by atoms with E-state index in [1.807, 2.05) is 24.3 Å². The number of nitrogens with zero attached hydrogens (tertiary/aromatic N) is 2. The van der Waals surface area contributed by atoms with Crippen LogP contribution in [-0.4, -0.2) is 35.5 Å². The first-order chi connectivity index (χ1) is 9.81. The SMILES string of the molecule is Cc1cncc2cccc(SN3CC4CNC[C@@H]4C3)c12. The molecule has 0 aliphatic carbocycles. The first kappa shape index (κ1) is 12.6. The van der Waals surface area contributed by atoms with Crippen molar-refractivity contribution in [2.45, 2.75) is 11.8 Å². The Morgan fingerprint density at radius 2 is 2.00 bits per heavy atom. The molecule has 1 N–H and O–H groups in total. The van der Waals surface area contributed by atoms with Gasteiger partial charge < -0.3 is 5.32 Å². The van der Waals surface area contributed by atoms with Crippen molar-refractivity contribution >= 4 is 22.7 Å². The van der Waals surface area contributed by atoms with Gasteiger partial charge in [-0.25, -0.2) is 4.31 Å². The molecule has 0 saturated carbocycles. The summed E-state index contributed by atoms with van der Waals surface area (Å²) in [7, 11) is 0. The molecule has 2 saturated heterocycles. The Labute approximate surface area is 123 Å². The zero-order chi connectivity index (χ0) is 13.5. The van der Waals surface area contributed by atoms with Crippen LogP contribution in [0.15, 0.2) is 35.5 Å². The fraction of sp³-hybridized carbons (Fsp3) is 0.438. The maximum atomic E-state index is 4.30. The molecular formula is C16H19N3S. The third-order valence-electron chi connectivity index (χ3n) is 4.52. The van der Waals surface area contributed by atoms with Gasteiger partial charge in [-0.05, 0) is 55.4 Å². The highest BCUT2D eigenvalue weighted by molar-refractivity contribution is 7.97. The Hall–Kier alpha value is -1.10. The lowest BCUT2D eigenvalue weighted by Crippen LogP contribution is -2.20. The molecule has 0 bridgehead atoms. The summed E-state index contributed by atoms with van der Waals surface area (Å²) in [5, 5.41) is 6.11. The van der Waals surface area contributed by atoms with Crippen LogP contribution in [0.5, 0.6) is 0 Å². The minimum atomic E-state index is 0.847. The van der Waals surface area contributed by atoms with Gasteiger partial charge in [0, 0.05) is 41.2 Å². The van der Waals surface area contributed by atoms with Crippen molar-refractivity contribution in [2.24, 2.45) is 11.8 Å². The number of hydrogen-bond donors (Lipinski definition) is 1. The van der Waals surface area contributed by atoms with Gasteiger partial charge in [-0.3, -0.25) is 4.98 Å². The van der Waals surface area contributed by atoms with Gasteiger partial charge in [0.15, 0.2) is 0 Å². The first-order valence-electron chi connectivity index (χ1n) is 7.28. The molecule has 104 valence electrons. The van der Waals surface area contributed by atoms with Crippen LogP contribution in [-0.2, 0) is 0 Å². The monoisotopic (exact) mass is 285 g/mol. The van der Waals surface area contributed by atoms with Gasteiger partial charge in [0.2, 0.25) is 0 Å². The summed E-state index contributed by atoms with van der Waals surface area (Å²) in [5.41, 5.74) is 1.27. The fourth-order valence-corrected chi connectivity index (χ4v) is 4.79. The van der Waals surface area contributed by atoms with Crippen molar-refractivity contribution in [2.75, 3.05) is 26.2 Å². The predicted molar refractivity (Wildman–Crippen MR) is 83.8 cm³/mol. The van der Waals surface area contributed by atoms with Crippen LogP contribution in [0.3, 0.4) is 0 Å². The minimum absolute atomic E-state index is 0.847. The molecule has 1 aromatic carbocycles. The Morgan fingerprint density at radius 3 is 2.80 bits per heavy atom. The molecule has 1 aromatic heterocycles. The minimum Gasteiger partial charge on any atom is -0.316 e. The van der Waals surface area contributed by atoms with E-state index in [1.165, 1.54) is 47.4 Å². The van der Waals surface area contributed by atoms with Crippen LogP contribution in [0.4, 0.5) is 0 Å². The summed E-state index contributed by atoms with van der Waals surface area (Å²) in [6.07, 6.45) is 3.93. The largest absolute Gasteiger partial charge is 0.316 e. The number of rotatable bonds is 2. The van der Waals surface area contributed by atoms with E-state index >= 15 is 0 Å². The quantitative estimate of drug-likeness (QED) is 0.859. The van der Waals surface area contributed by atoms with Gasteiger partial charge in [-0.1, -0.05) is 12.1 Å². The van der Waals surface area contributed by atoms with Crippen LogP contribution in [0.2, 0.25) is 0 Å². The average molecular weight is 285 g/mol. The van der Waals surface area contributed by atoms with E-state index in [0.717, 1.165) is 11.8 Å². The molecule has 2 aliphatic heterocycles. The molecular weight excluding hydrogens is 266 g/mol. The molecule has 2 aliphatic rings. The predicted octanol–water partition coefficient (Wildman–Crippen LogP) is 2.70. The van der Waals surface area contributed by atoms with Gasteiger partial charge in [-0.15, -0.1) is 0 Å². The van der Waals surface area contributed by atoms with E-state index in [1.54, 1.807) is 0 Å². The summed E-state index contributed by atoms with van der Waals surface area (Å²) in [5.74, 6) is 1.69. The van der Waals surface area contributed by atoms with Crippen molar-refractivity contribution < 1.29 is 0 Å². The molecule has 0 amide bonds. The molecule has 4 heteroatoms. The molecule has 3 heterocycles. The normalized spacial score (nSPS) is 26.2. The zero-order valence-electron chi connectivity index (χ0n) is 11.7. The Balaban J connectivity index is 1.63. The molecule has 2 fully saturated rings. The van der Waals surface area contributed by atoms with E-state index in [4.69, 9.17) is 0 Å². The Bertz CT molecular complexity index is 625. The highest BCUT2D eigenvalue weighted by Gasteiger charge is 2.36. The number of hydrogen-bond acceptors (Lipinski definition) is 4. The highest BCUT2D eigenvalue weighted by atomic mass is 32.2. The summed E-state index contributed by atoms with van der Waals surface area (Å²) in [4.78, 5) is 5.67. The van der Waals surface area contributed by atoms with Crippen LogP contribution < -0.4 is 5.32 Å². The number of benzene rings is 1. The van der Waals surface area contributed by atoms with E-state index in [9.17, 15) is 0 Å². The van der Waals surface area contributed by atoms with E-state index in [-0.39, 0.29) is 0 Å². The van der Waals surface area contributed by atoms with Gasteiger partial charge in [-0.2, -0.15) is 0 Å². The molecule has 0 spiro atoms. The number of pyridine rings is 1. The molecule has 1 unspecified atom stereocenters. The standard InChI is InChI=1S/C16H19N3S/c1-11-5-17-6-12-3-2-4-15(16(11)12)20-19-9-13-7-18-8-14(13)10-19/h2-6,13-14,18H,7-10H2,1H3/t13-,14?/m1/s1. The second-order valence-corrected chi connectivity index (χ2v) is 7.07. The van der Waals surface area contributed by atoms with Crippen LogP contribution >= 0.6 is 11.9 Å². The van der Waals surface area contributed by atoms with Gasteiger partial charge in [0.05, 0.1) is 0 Å². The van der Waals surface area contributed by atoms with Crippen molar-refractivity contribution in [3.8, 4) is 0 Å². The lowest BCUT2D eigenvalue weighted by atomic mass is 10.0. The third kappa shape index (κ3) is 2.12. The number of nitrogens with one attached hydrogen (secondary N) is 1. The summed E-state index contributed by atoms with van der Waals surface area (Å²) in [6.45, 7) is 6.97. The average Bonchev–Trinajstić information content (AvgIpc) is 3.00. The smallest absolute Gasteiger partial charge is 0.0346 e. The van der Waals surface area contributed by atoms with Crippen LogP contribution in [0, 0.1) is 18.8 Å². The van der Waals surface area contributed by atoms with E-state index in [0.29, 0.717) is 0 Å². The Morgan fingerprint density at radius 1 is 1.20 bits per heavy atom. The third-order valence-corrected chi connectivity index (χ3v) is 5.61. The zero-order valence-corrected chi connectivity index (χ0v) is 12.5. The van der Waals surface area contributed by atoms with E-state index < -0.39 is 0 Å². The first-order valence-corrected chi connectivity index (χ1v) is 8.05. The van der Waals surface area contributed by atoms with E-state index in [2.05, 4.69) is 39.7 Å². The molecule has 2 aromatic rings. The van der Waals surface area contributed by atoms with Crippen molar-refractivity contribution in [1.29, 1.82) is 0 Å². The second kappa shape index (κ2) is 5.02. The van der Waals surface area contributed by atoms with Crippen LogP contribution in [0.25, 0.3) is 10.8 Å². The maximum absolute atomic E-state index is 4.30. The summed E-state index contributed by atoms with van der Waals surface area (Å²) in [6, 6.07) is 6.54. The Kier molecular flexibility index (Phi) is 3.17. The van der Waals surface area contributed by atoms with Gasteiger partial charge in [0.1, 0.15) is 0 Å². The topological polar surface area (TPSA) is 28.2 Å². The molecule has 0 radical (unpaired) electrons. The molecule has 4 rings (SSSR count). The van der Waals surface area contributed by atoms with Gasteiger partial charge >= 0.3 is 0 Å². The van der Waals surface area contributed by atoms with Crippen molar-refractivity contribution in [3.05, 3.63) is 36.2 Å². The fourth-order valence-electron chi connectivity index (χ4n) is 3.47. The lowest BCUT2D eigenvalue weighted by Gasteiger charge is -2.17. The second-order valence-electron chi connectivity index (χ2n) is 5.93. The molecule has 3 nitrogen and oxygen atoms in total. The summed E-state index contributed by atoms with van der Waals surface area (Å²) >= 11 is 1.93. The number of fused-ring (bicyclic) bond motifs is 2. The van der Waals surface area contributed by atoms with Crippen molar-refractivity contribution in [3.63, 3.8) is 0 Å². The van der Waals surface area contributed by atoms with Crippen molar-refractivity contribution in [1.82, 2.24) is 14.6 Å². The maximum Gasteiger partial charge on any atom is 0.0346 e. The molecule has 20 heavy (non-hydrogen) atoms. The molecule has 2 atom stereocenters. The van der Waals surface area contributed by atoms with Gasteiger partial charge in [0.25, 0.3) is 0 Å².